The number of ether oxygens (including phenoxy) is 4. The minimum absolute atomic E-state index is 0.253. The number of aryl methyl sites for hydroxylation is 8. The van der Waals surface area contributed by atoms with Gasteiger partial charge in [0.15, 0.2) is 0 Å². The van der Waals surface area contributed by atoms with Gasteiger partial charge in [0.05, 0.1) is 39.4 Å². The number of nitrogens with zero attached hydrogens (tertiary/aromatic N) is 5. The second kappa shape index (κ2) is 45.7. The molecule has 0 unspecified atom stereocenters. The standard InChI is InChI=1S/C28H40N4O3S2.C28H33N3O3S2.C27H37N3O3S2.C24H27N3O3S2/c1-28(2,3)35-26(33)23-19-10-6-8-12-22(19)36-24(23)30-27(34)29-17-20-18-9-5-7-11-21(18)37-25(20)32-15-13-31(4)14-16-32;1-28(2,3)34-26(32)23-19-9-5-7-11-22(19)36-25(23)31-27(33)30-16-20-18-8-4-6-10-21(18)35-24(20)17-12-14-29-15-13-17;1-27(2,3)33-25(31)22-18-11-5-7-13-21(18)34-23(22)29-26(32)28-16-19-17-10-4-6-12-20(17)35-24(19)30-14-8-9-15-30;1-30-23(28)20-16-9-3-5-11-19(16)31-21(20)26-24(29)25-14-17-15-8-2-4-10-18(15)32-22(17)27-12-6-7-13-27/h5-17H2,1-4H3,(H2,29,30,34);12-15H,4-11,16H2,1-3H3,(H2,30,31,33);4-16H2,1-3H3,(H2,28,29,32);6-7,12-13H,2-5,8-11,14H2,1H3,(H2,25,26,29). The lowest BCUT2D eigenvalue weighted by atomic mass is 9.94. The molecule has 2 saturated heterocycles. The quantitative estimate of drug-likeness (QED) is 0.0260. The van der Waals surface area contributed by atoms with Crippen molar-refractivity contribution in [3.63, 3.8) is 0 Å². The maximum Gasteiger partial charge on any atom is 0.341 e. The number of fused-ring (bicyclic) bond motifs is 8. The number of hydrogen-bond donors (Lipinski definition) is 8. The summed E-state index contributed by atoms with van der Waals surface area (Å²) in [6.07, 6.45) is 44.8. The van der Waals surface area contributed by atoms with Crippen LogP contribution in [0.1, 0.15) is 325 Å². The summed E-state index contributed by atoms with van der Waals surface area (Å²) >= 11 is 13.6. The van der Waals surface area contributed by atoms with Crippen molar-refractivity contribution in [3.05, 3.63) is 177 Å². The molecule has 140 heavy (non-hydrogen) atoms. The fraction of sp³-hybridized carbons (Fsp3) is 0.542. The molecule has 8 aliphatic carbocycles. The second-order valence-electron chi connectivity index (χ2n) is 41.2. The smallest absolute Gasteiger partial charge is 0.341 e. The Kier molecular flexibility index (Phi) is 33.3. The van der Waals surface area contributed by atoms with E-state index in [1.165, 1.54) is 220 Å². The minimum atomic E-state index is -0.596. The first-order chi connectivity index (χ1) is 67.4. The van der Waals surface area contributed by atoms with E-state index < -0.39 is 16.8 Å². The summed E-state index contributed by atoms with van der Waals surface area (Å²) in [6, 6.07) is 7.01. The lowest BCUT2D eigenvalue weighted by Crippen LogP contribution is -2.44. The van der Waals surface area contributed by atoms with Crippen molar-refractivity contribution in [2.45, 2.75) is 324 Å². The molecule has 0 radical (unpaired) electrons. The average Bonchev–Trinajstić information content (AvgIpc) is 1.64. The van der Waals surface area contributed by atoms with Gasteiger partial charge >= 0.3 is 48.0 Å². The Morgan fingerprint density at radius 1 is 0.321 bits per heavy atom. The van der Waals surface area contributed by atoms with E-state index in [1.54, 1.807) is 0 Å². The molecule has 12 heterocycles. The Labute approximate surface area is 855 Å². The number of urea groups is 4. The van der Waals surface area contributed by atoms with Crippen LogP contribution in [0.15, 0.2) is 49.1 Å². The Hall–Kier alpha value is -9.45. The van der Waals surface area contributed by atoms with Gasteiger partial charge in [-0.2, -0.15) is 0 Å². The third-order valence-electron chi connectivity index (χ3n) is 27.5. The molecule has 750 valence electrons. The Morgan fingerprint density at radius 3 is 0.921 bits per heavy atom. The molecule has 10 aromatic rings. The van der Waals surface area contributed by atoms with Crippen LogP contribution in [-0.4, -0.2) is 133 Å². The fourth-order valence-corrected chi connectivity index (χ4v) is 31.7. The molecule has 8 N–H and O–H groups in total. The molecule has 20 rings (SSSR count). The number of methoxy groups -OCH3 is 1. The van der Waals surface area contributed by atoms with Crippen LogP contribution in [0.25, 0.3) is 15.4 Å². The van der Waals surface area contributed by atoms with Crippen LogP contribution in [0, 0.1) is 0 Å². The molecule has 0 atom stereocenters. The number of pyridine rings is 1. The first-order valence-corrected chi connectivity index (χ1v) is 57.3. The highest BCUT2D eigenvalue weighted by molar-refractivity contribution is 7.19. The number of likely N-dealkylation sites (N-methyl/N-ethyl adjacent to an activating group) is 1. The molecule has 0 bridgehead atoms. The van der Waals surface area contributed by atoms with Crippen LogP contribution >= 0.6 is 90.7 Å². The van der Waals surface area contributed by atoms with Gasteiger partial charge in [0.1, 0.15) is 41.8 Å². The number of rotatable bonds is 20. The highest BCUT2D eigenvalue weighted by atomic mass is 32.1. The highest BCUT2D eigenvalue weighted by Crippen LogP contribution is 2.49. The normalized spacial score (nSPS) is 16.5. The van der Waals surface area contributed by atoms with Gasteiger partial charge in [-0.25, -0.2) is 38.4 Å². The van der Waals surface area contributed by atoms with Gasteiger partial charge in [-0.05, 0) is 368 Å². The molecule has 0 saturated carbocycles. The summed E-state index contributed by atoms with van der Waals surface area (Å²) in [5.74, 6) is -1.41. The molecule has 10 aromatic heterocycles. The zero-order chi connectivity index (χ0) is 98.1. The molecule has 10 aliphatic rings. The summed E-state index contributed by atoms with van der Waals surface area (Å²) < 4.78 is 24.3. The van der Waals surface area contributed by atoms with E-state index in [0.717, 1.165) is 221 Å². The third kappa shape index (κ3) is 24.6. The lowest BCUT2D eigenvalue weighted by molar-refractivity contribution is 0.00571. The van der Waals surface area contributed by atoms with Crippen LogP contribution in [0.2, 0.25) is 0 Å². The van der Waals surface area contributed by atoms with Crippen molar-refractivity contribution in [1.29, 1.82) is 0 Å². The van der Waals surface area contributed by atoms with E-state index >= 15 is 0 Å². The predicted molar refractivity (Wildman–Crippen MR) is 572 cm³/mol. The van der Waals surface area contributed by atoms with Crippen molar-refractivity contribution in [1.82, 2.24) is 35.7 Å². The third-order valence-corrected chi connectivity index (χ3v) is 37.9. The fourth-order valence-electron chi connectivity index (χ4n) is 20.9. The number of piperazine rings is 1. The van der Waals surface area contributed by atoms with Gasteiger partial charge in [0, 0.05) is 151 Å². The molecular weight excluding hydrogens is 1920 g/mol. The Balaban J connectivity index is 0.000000129. The maximum atomic E-state index is 13.2. The molecule has 25 nitrogen and oxygen atoms in total. The SMILES string of the molecule is CC(C)(C)OC(=O)c1c(NC(=O)NCc2c(-c3ccncc3)sc3c2CCCC3)sc2c1CCCC2.CC(C)(C)OC(=O)c1c(NC(=O)NCc2c(N3CCCC3)sc3c2CCCC3)sc2c1CCCC2.CN1CCN(c2sc3c(c2CNC(=O)Nc2sc4c(c2C(=O)OC(C)(C)C)CCCC4)CCCC3)CC1.COC(=O)c1c(NC(=O)NCc2c(-n3cccc3)sc3c2CCCC3)sc2c1CCCC2. The van der Waals surface area contributed by atoms with Gasteiger partial charge < -0.3 is 59.5 Å². The number of hydrogen-bond acceptors (Lipinski definition) is 24. The molecule has 33 heteroatoms. The number of thiophene rings is 8. The van der Waals surface area contributed by atoms with Crippen molar-refractivity contribution in [2.24, 2.45) is 0 Å². The number of anilines is 6. The van der Waals surface area contributed by atoms with E-state index in [-0.39, 0.29) is 48.0 Å². The second-order valence-corrected chi connectivity index (χ2v) is 50.0. The monoisotopic (exact) mass is 2050 g/mol. The van der Waals surface area contributed by atoms with Crippen LogP contribution < -0.4 is 52.3 Å². The van der Waals surface area contributed by atoms with Crippen LogP contribution in [0.5, 0.6) is 0 Å². The van der Waals surface area contributed by atoms with Gasteiger partial charge in [0.25, 0.3) is 0 Å². The van der Waals surface area contributed by atoms with Crippen molar-refractivity contribution >= 4 is 169 Å². The summed E-state index contributed by atoms with van der Waals surface area (Å²) in [7, 11) is 3.57. The van der Waals surface area contributed by atoms with Crippen molar-refractivity contribution in [3.8, 4) is 15.4 Å². The zero-order valence-corrected chi connectivity index (χ0v) is 89.7. The molecule has 8 amide bonds. The van der Waals surface area contributed by atoms with Gasteiger partial charge in [-0.1, -0.05) is 0 Å². The van der Waals surface area contributed by atoms with Crippen LogP contribution in [0.3, 0.4) is 0 Å². The summed E-state index contributed by atoms with van der Waals surface area (Å²) in [5, 5.41) is 30.7. The minimum Gasteiger partial charge on any atom is -0.465 e. The Bertz CT molecular complexity index is 6140. The summed E-state index contributed by atoms with van der Waals surface area (Å²) in [6.45, 7) is 25.2. The van der Waals surface area contributed by atoms with Crippen LogP contribution in [0.4, 0.5) is 49.2 Å². The van der Waals surface area contributed by atoms with Gasteiger partial charge in [-0.15, -0.1) is 90.7 Å². The number of carbonyl (C=O) groups excluding carboxylic acids is 8. The van der Waals surface area contributed by atoms with Gasteiger partial charge in [0.2, 0.25) is 0 Å². The van der Waals surface area contributed by atoms with E-state index in [1.807, 2.05) is 144 Å². The topological polar surface area (TPSA) is 297 Å². The first kappa shape index (κ1) is 102. The van der Waals surface area contributed by atoms with Gasteiger partial charge in [-0.3, -0.25) is 26.3 Å². The Morgan fingerprint density at radius 2 is 0.593 bits per heavy atom. The number of nitrogens with one attached hydrogen (secondary N) is 8. The van der Waals surface area contributed by atoms with E-state index in [4.69, 9.17) is 18.9 Å². The van der Waals surface area contributed by atoms with E-state index in [0.29, 0.717) is 68.4 Å². The summed E-state index contributed by atoms with van der Waals surface area (Å²) in [5.41, 5.74) is 16.5. The number of esters is 4. The summed E-state index contributed by atoms with van der Waals surface area (Å²) in [4.78, 5) is 128. The van der Waals surface area contributed by atoms with Crippen LogP contribution in [-0.2, 0) is 148 Å². The molecule has 2 fully saturated rings. The number of amides is 8. The molecular formula is C107H137N13O12S8. The van der Waals surface area contributed by atoms with E-state index in [2.05, 4.69) is 86.2 Å². The lowest BCUT2D eigenvalue weighted by Gasteiger charge is -2.34. The molecule has 0 spiro atoms. The van der Waals surface area contributed by atoms with Crippen molar-refractivity contribution in [2.75, 3.05) is 84.5 Å². The molecule has 0 aromatic carbocycles. The van der Waals surface area contributed by atoms with E-state index in [9.17, 15) is 38.4 Å². The average molecular weight is 2050 g/mol. The number of carbonyl (C=O) groups is 8. The highest BCUT2D eigenvalue weighted by Gasteiger charge is 2.38. The predicted octanol–water partition coefficient (Wildman–Crippen LogP) is 24.4. The maximum absolute atomic E-state index is 13.2. The largest absolute Gasteiger partial charge is 0.465 e. The molecule has 2 aliphatic heterocycles. The number of aromatic nitrogens is 2. The zero-order valence-electron chi connectivity index (χ0n) is 83.1. The van der Waals surface area contributed by atoms with Crippen molar-refractivity contribution < 1.29 is 57.3 Å². The first-order valence-electron chi connectivity index (χ1n) is 50.8.